The monoisotopic (exact) mass is 465 g/mol. The molecule has 3 heterocycles. The number of likely N-dealkylation sites (tertiary alicyclic amines) is 1. The van der Waals surface area contributed by atoms with Crippen LogP contribution in [0, 0.1) is 13.8 Å². The minimum absolute atomic E-state index is 0.0786. The lowest BCUT2D eigenvalue weighted by Crippen LogP contribution is -2.50. The third-order valence-corrected chi connectivity index (χ3v) is 7.66. The maximum Gasteiger partial charge on any atom is 0.264 e. The number of aromatic nitrogens is 2. The Balaban J connectivity index is 1.40. The Labute approximate surface area is 200 Å². The van der Waals surface area contributed by atoms with Crippen LogP contribution in [0.15, 0.2) is 36.4 Å². The van der Waals surface area contributed by atoms with Crippen molar-refractivity contribution in [3.05, 3.63) is 58.8 Å². The van der Waals surface area contributed by atoms with Gasteiger partial charge in [0.15, 0.2) is 5.82 Å². The summed E-state index contributed by atoms with van der Waals surface area (Å²) in [5.74, 6) is 0.687. The number of benzene rings is 2. The number of rotatable bonds is 6. The van der Waals surface area contributed by atoms with Crippen molar-refractivity contribution in [1.29, 1.82) is 0 Å². The summed E-state index contributed by atoms with van der Waals surface area (Å²) in [6, 6.07) is 12.2. The summed E-state index contributed by atoms with van der Waals surface area (Å²) in [6.07, 6.45) is 1.26. The van der Waals surface area contributed by atoms with Crippen LogP contribution in [-0.4, -0.2) is 47.3 Å². The molecular formula is C27H33F2N5. The van der Waals surface area contributed by atoms with Crippen molar-refractivity contribution in [2.45, 2.75) is 58.5 Å². The molecular weight excluding hydrogens is 432 g/mol. The van der Waals surface area contributed by atoms with Gasteiger partial charge in [-0.2, -0.15) is 5.10 Å². The predicted octanol–water partition coefficient (Wildman–Crippen LogP) is 6.03. The molecule has 2 aliphatic rings. The molecule has 180 valence electrons. The third kappa shape index (κ3) is 4.33. The molecule has 0 bridgehead atoms. The van der Waals surface area contributed by atoms with E-state index >= 15 is 0 Å². The Morgan fingerprint density at radius 3 is 2.35 bits per heavy atom. The number of anilines is 2. The fraction of sp³-hybridized carbons (Fsp3) is 0.481. The number of nitrogens with one attached hydrogen (secondary N) is 1. The third-order valence-electron chi connectivity index (χ3n) is 7.66. The van der Waals surface area contributed by atoms with Gasteiger partial charge in [0.05, 0.1) is 11.7 Å². The van der Waals surface area contributed by atoms with Crippen LogP contribution < -0.4 is 10.2 Å². The molecule has 1 unspecified atom stereocenters. The van der Waals surface area contributed by atoms with Gasteiger partial charge in [-0.1, -0.05) is 24.3 Å². The number of hydrogen-bond donors (Lipinski definition) is 1. The standard InChI is InChI=1S/C27H33F2N5/c1-17-22(6-4-7-23(17)26(28)29)18(2)30-27-25-16-21(8-9-24(25)19(3)31-32-27)34-14-10-20(11-15-34)33-12-5-13-33/h4,6-9,16,18,20,26H,5,10-15H2,1-3H3,(H,30,32). The summed E-state index contributed by atoms with van der Waals surface area (Å²) in [4.78, 5) is 5.08. The molecule has 2 saturated heterocycles. The zero-order valence-corrected chi connectivity index (χ0v) is 20.2. The first-order valence-corrected chi connectivity index (χ1v) is 12.3. The van der Waals surface area contributed by atoms with E-state index in [2.05, 4.69) is 43.5 Å². The molecule has 0 spiro atoms. The van der Waals surface area contributed by atoms with Crippen LogP contribution in [0.2, 0.25) is 0 Å². The van der Waals surface area contributed by atoms with Gasteiger partial charge in [-0.25, -0.2) is 8.78 Å². The quantitative estimate of drug-likeness (QED) is 0.481. The molecule has 2 aliphatic heterocycles. The van der Waals surface area contributed by atoms with Crippen LogP contribution >= 0.6 is 0 Å². The maximum absolute atomic E-state index is 13.4. The highest BCUT2D eigenvalue weighted by Gasteiger charge is 2.28. The summed E-state index contributed by atoms with van der Waals surface area (Å²) < 4.78 is 26.8. The molecule has 0 aliphatic carbocycles. The average molecular weight is 466 g/mol. The van der Waals surface area contributed by atoms with Gasteiger partial charge in [-0.15, -0.1) is 5.10 Å². The Morgan fingerprint density at radius 2 is 1.68 bits per heavy atom. The summed E-state index contributed by atoms with van der Waals surface area (Å²) in [5, 5.41) is 14.4. The number of halogens is 2. The smallest absolute Gasteiger partial charge is 0.264 e. The van der Waals surface area contributed by atoms with E-state index in [1.54, 1.807) is 13.0 Å². The molecule has 0 amide bonds. The van der Waals surface area contributed by atoms with Crippen LogP contribution in [0.25, 0.3) is 10.8 Å². The van der Waals surface area contributed by atoms with Gasteiger partial charge in [0.25, 0.3) is 6.43 Å². The number of piperidine rings is 1. The van der Waals surface area contributed by atoms with E-state index in [1.807, 2.05) is 19.9 Å². The molecule has 3 aromatic rings. The zero-order chi connectivity index (χ0) is 23.8. The van der Waals surface area contributed by atoms with Crippen molar-refractivity contribution >= 4 is 22.3 Å². The van der Waals surface area contributed by atoms with Gasteiger partial charge in [0, 0.05) is 41.2 Å². The Morgan fingerprint density at radius 1 is 0.941 bits per heavy atom. The minimum atomic E-state index is -2.49. The average Bonchev–Trinajstić information content (AvgIpc) is 2.80. The van der Waals surface area contributed by atoms with E-state index in [1.165, 1.54) is 44.1 Å². The molecule has 34 heavy (non-hydrogen) atoms. The Kier molecular flexibility index (Phi) is 6.38. The van der Waals surface area contributed by atoms with Gasteiger partial charge in [0.2, 0.25) is 0 Å². The maximum atomic E-state index is 13.4. The second-order valence-corrected chi connectivity index (χ2v) is 9.70. The van der Waals surface area contributed by atoms with Crippen LogP contribution in [0.3, 0.4) is 0 Å². The molecule has 1 N–H and O–H groups in total. The van der Waals surface area contributed by atoms with Gasteiger partial charge in [-0.05, 0) is 76.4 Å². The first kappa shape index (κ1) is 23.0. The molecule has 2 aromatic carbocycles. The van der Waals surface area contributed by atoms with E-state index in [9.17, 15) is 8.78 Å². The van der Waals surface area contributed by atoms with Crippen LogP contribution in [0.1, 0.15) is 61.0 Å². The lowest BCUT2D eigenvalue weighted by molar-refractivity contribution is 0.100. The predicted molar refractivity (Wildman–Crippen MR) is 134 cm³/mol. The summed E-state index contributed by atoms with van der Waals surface area (Å²) in [7, 11) is 0. The Hall–Kier alpha value is -2.80. The van der Waals surface area contributed by atoms with Crippen molar-refractivity contribution < 1.29 is 8.78 Å². The number of hydrogen-bond acceptors (Lipinski definition) is 5. The van der Waals surface area contributed by atoms with Gasteiger partial charge >= 0.3 is 0 Å². The van der Waals surface area contributed by atoms with Gasteiger partial charge in [-0.3, -0.25) is 0 Å². The zero-order valence-electron chi connectivity index (χ0n) is 20.2. The largest absolute Gasteiger partial charge is 0.371 e. The van der Waals surface area contributed by atoms with Gasteiger partial charge < -0.3 is 15.1 Å². The van der Waals surface area contributed by atoms with E-state index < -0.39 is 6.43 Å². The fourth-order valence-electron chi connectivity index (χ4n) is 5.44. The molecule has 0 saturated carbocycles. The van der Waals surface area contributed by atoms with Crippen molar-refractivity contribution in [2.75, 3.05) is 36.4 Å². The second-order valence-electron chi connectivity index (χ2n) is 9.70. The highest BCUT2D eigenvalue weighted by molar-refractivity contribution is 5.95. The highest BCUT2D eigenvalue weighted by Crippen LogP contribution is 2.34. The van der Waals surface area contributed by atoms with Crippen molar-refractivity contribution in [3.8, 4) is 0 Å². The molecule has 5 nitrogen and oxygen atoms in total. The van der Waals surface area contributed by atoms with Crippen molar-refractivity contribution in [2.24, 2.45) is 0 Å². The molecule has 2 fully saturated rings. The Bertz CT molecular complexity index is 1170. The van der Waals surface area contributed by atoms with Crippen LogP contribution in [0.5, 0.6) is 0 Å². The molecule has 1 aromatic heterocycles. The van der Waals surface area contributed by atoms with E-state index in [0.717, 1.165) is 41.2 Å². The number of nitrogens with zero attached hydrogens (tertiary/aromatic N) is 4. The molecule has 7 heteroatoms. The fourth-order valence-corrected chi connectivity index (χ4v) is 5.44. The van der Waals surface area contributed by atoms with E-state index in [-0.39, 0.29) is 11.6 Å². The van der Waals surface area contributed by atoms with Gasteiger partial charge in [0.1, 0.15) is 0 Å². The number of fused-ring (bicyclic) bond motifs is 1. The first-order valence-electron chi connectivity index (χ1n) is 12.3. The minimum Gasteiger partial charge on any atom is -0.371 e. The summed E-state index contributed by atoms with van der Waals surface area (Å²) in [6.45, 7) is 10.3. The number of aryl methyl sites for hydroxylation is 1. The van der Waals surface area contributed by atoms with Crippen molar-refractivity contribution in [1.82, 2.24) is 15.1 Å². The first-order chi connectivity index (χ1) is 16.4. The molecule has 5 rings (SSSR count). The lowest BCUT2D eigenvalue weighted by Gasteiger charge is -2.43. The van der Waals surface area contributed by atoms with E-state index in [0.29, 0.717) is 11.4 Å². The molecule has 0 radical (unpaired) electrons. The topological polar surface area (TPSA) is 44.3 Å². The molecule has 1 atom stereocenters. The van der Waals surface area contributed by atoms with Crippen LogP contribution in [-0.2, 0) is 0 Å². The van der Waals surface area contributed by atoms with Crippen molar-refractivity contribution in [3.63, 3.8) is 0 Å². The van der Waals surface area contributed by atoms with E-state index in [4.69, 9.17) is 0 Å². The second kappa shape index (κ2) is 9.45. The highest BCUT2D eigenvalue weighted by atomic mass is 19.3. The number of alkyl halides is 2. The lowest BCUT2D eigenvalue weighted by atomic mass is 9.97. The summed E-state index contributed by atoms with van der Waals surface area (Å²) >= 11 is 0. The van der Waals surface area contributed by atoms with Crippen LogP contribution in [0.4, 0.5) is 20.3 Å². The summed E-state index contributed by atoms with van der Waals surface area (Å²) in [5.41, 5.74) is 3.63. The SMILES string of the molecule is Cc1c(C(F)F)cccc1C(C)Nc1nnc(C)c2ccc(N3CCC(N4CCC4)CC3)cc12. The normalized spacial score (nSPS) is 18.4.